The molecule has 3 aromatic rings. The van der Waals surface area contributed by atoms with Crippen molar-refractivity contribution in [3.8, 4) is 5.75 Å². The molecule has 1 atom stereocenters. The van der Waals surface area contributed by atoms with Gasteiger partial charge in [-0.15, -0.1) is 0 Å². The number of hydrogen-bond acceptors (Lipinski definition) is 5. The van der Waals surface area contributed by atoms with Gasteiger partial charge in [-0.25, -0.2) is 0 Å². The van der Waals surface area contributed by atoms with E-state index >= 15 is 0 Å². The first kappa shape index (κ1) is 24.0. The Balaban J connectivity index is 1.46. The molecule has 2 aromatic carbocycles. The van der Waals surface area contributed by atoms with Gasteiger partial charge in [-0.2, -0.15) is 0 Å². The van der Waals surface area contributed by atoms with Crippen LogP contribution >= 0.6 is 0 Å². The second kappa shape index (κ2) is 9.72. The fraction of sp³-hybridized carbons (Fsp3) is 0.379. The third kappa shape index (κ3) is 4.23. The summed E-state index contributed by atoms with van der Waals surface area (Å²) >= 11 is 0. The highest BCUT2D eigenvalue weighted by molar-refractivity contribution is 6.11. The van der Waals surface area contributed by atoms with Gasteiger partial charge in [0.1, 0.15) is 5.75 Å². The molecule has 1 aromatic heterocycles. The Bertz CT molecular complexity index is 1310. The van der Waals surface area contributed by atoms with Crippen LogP contribution < -0.4 is 4.74 Å². The number of ether oxygens (including phenoxy) is 1. The molecule has 3 amide bonds. The number of methoxy groups -OCH3 is 1. The number of pyridine rings is 1. The van der Waals surface area contributed by atoms with E-state index in [0.29, 0.717) is 17.9 Å². The zero-order valence-corrected chi connectivity index (χ0v) is 20.8. The highest BCUT2D eigenvalue weighted by Gasteiger charge is 2.55. The molecule has 2 fully saturated rings. The summed E-state index contributed by atoms with van der Waals surface area (Å²) in [7, 11) is 3.31. The second-order valence-electron chi connectivity index (χ2n) is 9.91. The molecule has 0 radical (unpaired) electrons. The molecule has 2 aliphatic rings. The number of likely N-dealkylation sites (tertiary alicyclic amines) is 1. The van der Waals surface area contributed by atoms with Crippen LogP contribution in [0.5, 0.6) is 5.75 Å². The Labute approximate surface area is 211 Å². The maximum Gasteiger partial charge on any atom is 0.241 e. The highest BCUT2D eigenvalue weighted by atomic mass is 16.5. The van der Waals surface area contributed by atoms with E-state index in [0.717, 1.165) is 42.1 Å². The van der Waals surface area contributed by atoms with E-state index in [4.69, 9.17) is 4.74 Å². The number of fused-ring (bicyclic) bond motifs is 1. The molecule has 0 bridgehead atoms. The number of amides is 3. The van der Waals surface area contributed by atoms with Gasteiger partial charge >= 0.3 is 0 Å². The molecule has 1 saturated heterocycles. The zero-order valence-electron chi connectivity index (χ0n) is 20.8. The first-order valence-corrected chi connectivity index (χ1v) is 12.5. The van der Waals surface area contributed by atoms with Crippen LogP contribution in [0.4, 0.5) is 0 Å². The third-order valence-electron chi connectivity index (χ3n) is 7.68. The lowest BCUT2D eigenvalue weighted by atomic mass is 9.75. The van der Waals surface area contributed by atoms with Crippen LogP contribution in [0.3, 0.4) is 0 Å². The van der Waals surface area contributed by atoms with Crippen molar-refractivity contribution in [3.63, 3.8) is 0 Å². The Hall–Kier alpha value is -3.74. The van der Waals surface area contributed by atoms with Gasteiger partial charge in [0.05, 0.1) is 18.0 Å². The summed E-state index contributed by atoms with van der Waals surface area (Å²) in [4.78, 5) is 48.4. The molecule has 2 heterocycles. The van der Waals surface area contributed by atoms with Crippen molar-refractivity contribution < 1.29 is 19.1 Å². The lowest BCUT2D eigenvalue weighted by molar-refractivity contribution is -0.144. The Kier molecular flexibility index (Phi) is 6.48. The second-order valence-corrected chi connectivity index (χ2v) is 9.91. The van der Waals surface area contributed by atoms with E-state index in [9.17, 15) is 14.4 Å². The Morgan fingerprint density at radius 2 is 1.89 bits per heavy atom. The highest BCUT2D eigenvalue weighted by Crippen LogP contribution is 2.44. The van der Waals surface area contributed by atoms with E-state index in [1.807, 2.05) is 42.5 Å². The van der Waals surface area contributed by atoms with Crippen molar-refractivity contribution in [2.24, 2.45) is 0 Å². The quantitative estimate of drug-likeness (QED) is 0.468. The van der Waals surface area contributed by atoms with Crippen molar-refractivity contribution in [3.05, 3.63) is 71.9 Å². The number of carbonyl (C=O) groups is 3. The zero-order chi connectivity index (χ0) is 25.3. The van der Waals surface area contributed by atoms with E-state index in [-0.39, 0.29) is 36.6 Å². The van der Waals surface area contributed by atoms with Crippen molar-refractivity contribution >= 4 is 28.6 Å². The maximum absolute atomic E-state index is 14.0. The molecular formula is C29H31N3O4. The number of aromatic nitrogens is 1. The van der Waals surface area contributed by atoms with Crippen molar-refractivity contribution in [1.82, 2.24) is 14.8 Å². The fourth-order valence-corrected chi connectivity index (χ4v) is 5.72. The number of benzene rings is 2. The molecule has 7 nitrogen and oxygen atoms in total. The molecule has 36 heavy (non-hydrogen) atoms. The largest absolute Gasteiger partial charge is 0.497 e. The van der Waals surface area contributed by atoms with Crippen LogP contribution in [0.25, 0.3) is 10.9 Å². The fourth-order valence-electron chi connectivity index (χ4n) is 5.72. The average molecular weight is 486 g/mol. The minimum absolute atomic E-state index is 0.00668. The molecule has 0 N–H and O–H groups in total. The number of rotatable bonds is 7. The summed E-state index contributed by atoms with van der Waals surface area (Å²) in [5.74, 6) is -0.0438. The topological polar surface area (TPSA) is 79.8 Å². The summed E-state index contributed by atoms with van der Waals surface area (Å²) in [5.41, 5.74) is 1.26. The van der Waals surface area contributed by atoms with E-state index in [1.54, 1.807) is 37.4 Å². The molecule has 0 spiro atoms. The number of carbonyl (C=O) groups excluding carboxylic acids is 3. The van der Waals surface area contributed by atoms with Crippen LogP contribution in [0.15, 0.2) is 60.8 Å². The summed E-state index contributed by atoms with van der Waals surface area (Å²) in [6.45, 7) is 0.379. The van der Waals surface area contributed by atoms with Gasteiger partial charge in [0, 0.05) is 44.1 Å². The molecule has 186 valence electrons. The minimum Gasteiger partial charge on any atom is -0.497 e. The van der Waals surface area contributed by atoms with Crippen LogP contribution in [0.2, 0.25) is 0 Å². The summed E-state index contributed by atoms with van der Waals surface area (Å²) in [5, 5.41) is 0.988. The van der Waals surface area contributed by atoms with Crippen LogP contribution in [-0.2, 0) is 26.3 Å². The lowest BCUT2D eigenvalue weighted by Gasteiger charge is -2.31. The molecule has 5 rings (SSSR count). The van der Waals surface area contributed by atoms with Crippen molar-refractivity contribution in [2.75, 3.05) is 14.2 Å². The predicted octanol–water partition coefficient (Wildman–Crippen LogP) is 4.23. The molecule has 1 saturated carbocycles. The number of imide groups is 1. The normalized spacial score (nSPS) is 20.3. The third-order valence-corrected chi connectivity index (χ3v) is 7.68. The summed E-state index contributed by atoms with van der Waals surface area (Å²) < 4.78 is 5.41. The summed E-state index contributed by atoms with van der Waals surface area (Å²) in [6, 6.07) is 16.9. The van der Waals surface area contributed by atoms with Gasteiger partial charge in [-0.05, 0) is 48.2 Å². The van der Waals surface area contributed by atoms with Gasteiger partial charge in [-0.3, -0.25) is 24.3 Å². The molecule has 1 unspecified atom stereocenters. The van der Waals surface area contributed by atoms with E-state index < -0.39 is 5.41 Å². The van der Waals surface area contributed by atoms with Gasteiger partial charge in [0.25, 0.3) is 0 Å². The standard InChI is InChI=1S/C29H31N3O4/c1-31(19-20-8-5-14-25-24(20)13-7-15-30-25)26(33)17-29(21-9-6-12-23(16-21)36-2)18-27(34)32(28(29)35)22-10-3-4-11-22/h5-9,12-16,22H,3-4,10-11,17-19H2,1-2H3. The molecule has 1 aliphatic heterocycles. The van der Waals surface area contributed by atoms with Gasteiger partial charge in [0.2, 0.25) is 17.7 Å². The molecule has 1 aliphatic carbocycles. The van der Waals surface area contributed by atoms with Gasteiger partial charge in [0.15, 0.2) is 0 Å². The number of nitrogens with zero attached hydrogens (tertiary/aromatic N) is 3. The molecule has 7 heteroatoms. The summed E-state index contributed by atoms with van der Waals surface area (Å²) in [6.07, 6.45) is 5.34. The monoisotopic (exact) mass is 485 g/mol. The Morgan fingerprint density at radius 3 is 2.67 bits per heavy atom. The molecular weight excluding hydrogens is 454 g/mol. The van der Waals surface area contributed by atoms with Crippen LogP contribution in [-0.4, -0.2) is 52.7 Å². The van der Waals surface area contributed by atoms with E-state index in [2.05, 4.69) is 4.98 Å². The van der Waals surface area contributed by atoms with Crippen LogP contribution in [0.1, 0.15) is 49.7 Å². The van der Waals surface area contributed by atoms with Gasteiger partial charge < -0.3 is 9.64 Å². The SMILES string of the molecule is COc1cccc(C2(CC(=O)N(C)Cc3cccc4ncccc34)CC(=O)N(C3CCCC3)C2=O)c1. The van der Waals surface area contributed by atoms with Crippen molar-refractivity contribution in [2.45, 2.75) is 56.5 Å². The van der Waals surface area contributed by atoms with Crippen molar-refractivity contribution in [1.29, 1.82) is 0 Å². The smallest absolute Gasteiger partial charge is 0.241 e. The van der Waals surface area contributed by atoms with Gasteiger partial charge in [-0.1, -0.05) is 43.2 Å². The minimum atomic E-state index is -1.24. The number of hydrogen-bond donors (Lipinski definition) is 0. The van der Waals surface area contributed by atoms with E-state index in [1.165, 1.54) is 4.90 Å². The van der Waals surface area contributed by atoms with Crippen LogP contribution in [0, 0.1) is 0 Å². The first-order chi connectivity index (χ1) is 17.4. The maximum atomic E-state index is 14.0. The first-order valence-electron chi connectivity index (χ1n) is 12.5. The Morgan fingerprint density at radius 1 is 1.11 bits per heavy atom. The predicted molar refractivity (Wildman–Crippen MR) is 136 cm³/mol. The average Bonchev–Trinajstić information content (AvgIpc) is 3.50. The lowest BCUT2D eigenvalue weighted by Crippen LogP contribution is -2.45.